The molecule has 2 amide bonds. The number of fused-ring (bicyclic) bond motifs is 1. The van der Waals surface area contributed by atoms with Gasteiger partial charge in [-0.2, -0.15) is 0 Å². The zero-order chi connectivity index (χ0) is 11.9. The Hall–Kier alpha value is -2.08. The molecular weight excluding hydrogens is 178 g/mol. The van der Waals surface area contributed by atoms with Crippen LogP contribution < -0.4 is 0 Å². The third kappa shape index (κ3) is 1.01. The monoisotopic (exact) mass is 187 g/mol. The van der Waals surface area contributed by atoms with Gasteiger partial charge in [0.05, 0.1) is 20.4 Å². The molecule has 3 nitrogen and oxygen atoms in total. The summed E-state index contributed by atoms with van der Waals surface area (Å²) in [5, 5.41) is 0. The van der Waals surface area contributed by atoms with Crippen molar-refractivity contribution in [3.05, 3.63) is 35.4 Å². The van der Waals surface area contributed by atoms with Crippen LogP contribution >= 0.6 is 0 Å². The van der Waals surface area contributed by atoms with Crippen molar-refractivity contribution in [1.82, 2.24) is 4.90 Å². The van der Waals surface area contributed by atoms with E-state index in [0.717, 1.165) is 0 Å². The van der Waals surface area contributed by atoms with Gasteiger partial charge >= 0.3 is 0 Å². The molecule has 2 rings (SSSR count). The van der Waals surface area contributed by atoms with Crippen molar-refractivity contribution in [3.63, 3.8) is 0 Å². The summed E-state index contributed by atoms with van der Waals surface area (Å²) in [7, 11) is 0. The van der Waals surface area contributed by atoms with Gasteiger partial charge in [0.15, 0.2) is 0 Å². The fourth-order valence-corrected chi connectivity index (χ4v) is 1.36. The Morgan fingerprint density at radius 3 is 2.21 bits per heavy atom. The number of hydrogen-bond donors (Lipinski definition) is 0. The van der Waals surface area contributed by atoms with E-state index in [-0.39, 0.29) is 11.1 Å². The molecule has 0 bridgehead atoms. The number of carbonyl (C=O) groups is 2. The molecule has 0 saturated heterocycles. The Labute approximate surface area is 84.1 Å². The van der Waals surface area contributed by atoms with Crippen molar-refractivity contribution >= 4 is 11.8 Å². The van der Waals surface area contributed by atoms with E-state index in [1.165, 1.54) is 12.1 Å². The van der Waals surface area contributed by atoms with Crippen LogP contribution in [-0.2, 0) is 0 Å². The molecule has 0 atom stereocenters. The molecule has 0 radical (unpaired) electrons. The second-order valence-corrected chi connectivity index (χ2v) is 2.75. The summed E-state index contributed by atoms with van der Waals surface area (Å²) < 4.78 is 14.8. The first-order valence-electron chi connectivity index (χ1n) is 4.95. The van der Waals surface area contributed by atoms with Crippen LogP contribution in [0.2, 0.25) is 0 Å². The van der Waals surface area contributed by atoms with Crippen LogP contribution in [0.15, 0.2) is 24.3 Å². The number of hydrogen-bond acceptors (Lipinski definition) is 2. The zero-order valence-electron chi connectivity index (χ0n) is 9.15. The van der Waals surface area contributed by atoms with Gasteiger partial charge in [0.1, 0.15) is 0 Å². The summed E-state index contributed by atoms with van der Waals surface area (Å²) in [5.41, 5.74) is 0.373. The second kappa shape index (κ2) is 3.00. The van der Waals surface area contributed by atoms with Crippen LogP contribution in [0, 0.1) is 12.3 Å². The molecule has 1 aliphatic heterocycles. The van der Waals surface area contributed by atoms with Crippen molar-refractivity contribution in [2.75, 3.05) is 6.50 Å². The highest BCUT2D eigenvalue weighted by atomic mass is 16.2. The van der Waals surface area contributed by atoms with Gasteiger partial charge < -0.3 is 0 Å². The van der Waals surface area contributed by atoms with Crippen LogP contribution in [0.1, 0.15) is 23.5 Å². The third-order valence-electron chi connectivity index (χ3n) is 1.97. The van der Waals surface area contributed by atoms with Gasteiger partial charge in [-0.3, -0.25) is 14.5 Å². The van der Waals surface area contributed by atoms with Crippen LogP contribution in [0.3, 0.4) is 0 Å². The lowest BCUT2D eigenvalue weighted by molar-refractivity contribution is 0.0675. The Balaban J connectivity index is 2.56. The number of rotatable bonds is 1. The Morgan fingerprint density at radius 1 is 1.29 bits per heavy atom. The van der Waals surface area contributed by atoms with Crippen molar-refractivity contribution in [3.8, 4) is 12.3 Å². The lowest BCUT2D eigenvalue weighted by Gasteiger charge is -2.08. The molecule has 68 valence electrons. The van der Waals surface area contributed by atoms with Gasteiger partial charge in [-0.05, 0) is 12.1 Å². The third-order valence-corrected chi connectivity index (χ3v) is 1.97. The summed E-state index contributed by atoms with van der Waals surface area (Å²) in [6.45, 7) is -2.40. The van der Waals surface area contributed by atoms with Gasteiger partial charge in [-0.25, -0.2) is 0 Å². The van der Waals surface area contributed by atoms with Gasteiger partial charge in [0.2, 0.25) is 0 Å². The smallest absolute Gasteiger partial charge is 0.262 e. The normalized spacial score (nSPS) is 17.2. The Bertz CT molecular complexity index is 496. The van der Waals surface area contributed by atoms with Crippen LogP contribution in [0.25, 0.3) is 0 Å². The maximum atomic E-state index is 11.8. The predicted octanol–water partition coefficient (Wildman–Crippen LogP) is 0.916. The molecule has 0 aromatic heterocycles. The summed E-state index contributed by atoms with van der Waals surface area (Å²) in [6, 6.07) is 6.17. The summed E-state index contributed by atoms with van der Waals surface area (Å²) in [6.07, 6.45) is 4.97. The number of carbonyl (C=O) groups excluding carboxylic acids is 2. The van der Waals surface area contributed by atoms with E-state index in [0.29, 0.717) is 4.90 Å². The van der Waals surface area contributed by atoms with E-state index in [4.69, 9.17) is 9.16 Å². The highest BCUT2D eigenvalue weighted by molar-refractivity contribution is 6.21. The van der Waals surface area contributed by atoms with Gasteiger partial charge in [-0.15, -0.1) is 6.42 Å². The van der Waals surface area contributed by atoms with E-state index < -0.39 is 18.3 Å². The van der Waals surface area contributed by atoms with Crippen molar-refractivity contribution in [1.29, 1.82) is 0 Å². The van der Waals surface area contributed by atoms with E-state index in [9.17, 15) is 9.59 Å². The molecule has 0 N–H and O–H groups in total. The van der Waals surface area contributed by atoms with E-state index in [1.807, 2.05) is 0 Å². The van der Waals surface area contributed by atoms with Crippen LogP contribution in [0.4, 0.5) is 0 Å². The molecule has 0 unspecified atom stereocenters. The second-order valence-electron chi connectivity index (χ2n) is 2.75. The first kappa shape index (κ1) is 6.39. The average Bonchev–Trinajstić information content (AvgIpc) is 2.53. The Kier molecular flexibility index (Phi) is 1.37. The molecule has 14 heavy (non-hydrogen) atoms. The van der Waals surface area contributed by atoms with Gasteiger partial charge in [0, 0.05) is 0 Å². The molecule has 3 heteroatoms. The molecule has 1 heterocycles. The minimum Gasteiger partial charge on any atom is -0.269 e. The summed E-state index contributed by atoms with van der Waals surface area (Å²) >= 11 is 0. The maximum Gasteiger partial charge on any atom is 0.262 e. The number of benzene rings is 1. The topological polar surface area (TPSA) is 37.4 Å². The number of terminal acetylenes is 1. The lowest BCUT2D eigenvalue weighted by Crippen LogP contribution is -2.29. The fourth-order valence-electron chi connectivity index (χ4n) is 1.36. The van der Waals surface area contributed by atoms with Crippen molar-refractivity contribution in [2.24, 2.45) is 0 Å². The number of amides is 2. The average molecular weight is 187 g/mol. The van der Waals surface area contributed by atoms with Crippen molar-refractivity contribution < 1.29 is 12.3 Å². The predicted molar refractivity (Wildman–Crippen MR) is 50.6 cm³/mol. The molecular formula is C11H7NO2. The highest BCUT2D eigenvalue weighted by Gasteiger charge is 2.34. The number of imide groups is 1. The molecule has 0 aliphatic carbocycles. The number of nitrogens with zero attached hydrogens (tertiary/aromatic N) is 1. The summed E-state index contributed by atoms with van der Waals surface area (Å²) in [4.78, 5) is 24.0. The fraction of sp³-hybridized carbons (Fsp3) is 0.0909. The first-order chi connectivity index (χ1) is 7.49. The minimum absolute atomic E-state index is 0.187. The van der Waals surface area contributed by atoms with Gasteiger partial charge in [-0.1, -0.05) is 18.1 Å². The summed E-state index contributed by atoms with van der Waals surface area (Å²) in [5.74, 6) is 0.414. The van der Waals surface area contributed by atoms with E-state index in [1.54, 1.807) is 18.1 Å². The molecule has 1 aliphatic rings. The molecule has 1 aromatic carbocycles. The van der Waals surface area contributed by atoms with Crippen LogP contribution in [-0.4, -0.2) is 23.2 Å². The van der Waals surface area contributed by atoms with Crippen molar-refractivity contribution in [2.45, 2.75) is 0 Å². The minimum atomic E-state index is -2.40. The van der Waals surface area contributed by atoms with Crippen LogP contribution in [0.5, 0.6) is 0 Å². The first-order valence-corrected chi connectivity index (χ1v) is 3.95. The molecule has 0 spiro atoms. The standard InChI is InChI=1S/C11H7NO2/c1-2-7-12-10(13)8-5-3-4-6-9(8)11(12)14/h1,3-6H,7H2/i7D2. The zero-order valence-corrected chi connectivity index (χ0v) is 7.15. The quantitative estimate of drug-likeness (QED) is 0.484. The molecule has 1 aromatic rings. The molecule has 0 saturated carbocycles. The lowest BCUT2D eigenvalue weighted by atomic mass is 10.1. The highest BCUT2D eigenvalue weighted by Crippen LogP contribution is 2.21. The molecule has 0 fully saturated rings. The van der Waals surface area contributed by atoms with E-state index >= 15 is 0 Å². The van der Waals surface area contributed by atoms with E-state index in [2.05, 4.69) is 0 Å². The Morgan fingerprint density at radius 2 is 1.79 bits per heavy atom. The SMILES string of the molecule is [2H]C([2H])(C#C)N1C(=O)c2ccccc2C1=O. The van der Waals surface area contributed by atoms with Gasteiger partial charge in [0.25, 0.3) is 11.8 Å². The largest absolute Gasteiger partial charge is 0.269 e. The maximum absolute atomic E-state index is 11.8.